The van der Waals surface area contributed by atoms with E-state index in [1.165, 1.54) is 57.1 Å². The van der Waals surface area contributed by atoms with Crippen LogP contribution in [0.15, 0.2) is 41.3 Å². The molecule has 0 radical (unpaired) electrons. The first-order valence-corrected chi connectivity index (χ1v) is 14.3. The number of carbonyl (C=O) groups is 1. The zero-order valence-corrected chi connectivity index (χ0v) is 21.5. The highest BCUT2D eigenvalue weighted by Crippen LogP contribution is 2.13. The van der Waals surface area contributed by atoms with Crippen molar-refractivity contribution in [2.75, 3.05) is 0 Å². The topological polar surface area (TPSA) is 83.5 Å². The van der Waals surface area contributed by atoms with Crippen molar-refractivity contribution in [1.29, 1.82) is 0 Å². The lowest BCUT2D eigenvalue weighted by molar-refractivity contribution is -0.119. The molecule has 2 N–H and O–H groups in total. The number of amides is 1. The van der Waals surface area contributed by atoms with E-state index in [1.807, 2.05) is 13.0 Å². The number of hydrogen-bond donors (Lipinski definition) is 2. The quantitative estimate of drug-likeness (QED) is 0.173. The molecule has 5 nitrogen and oxygen atoms in total. The third-order valence-corrected chi connectivity index (χ3v) is 7.20. The van der Waals surface area contributed by atoms with Gasteiger partial charge in [0.25, 0.3) is 10.0 Å². The summed E-state index contributed by atoms with van der Waals surface area (Å²) in [5, 5.41) is 9.75. The van der Waals surface area contributed by atoms with E-state index in [2.05, 4.69) is 17.7 Å². The van der Waals surface area contributed by atoms with Crippen molar-refractivity contribution in [2.24, 2.45) is 0 Å². The van der Waals surface area contributed by atoms with Crippen molar-refractivity contribution >= 4 is 15.9 Å². The third-order valence-electron chi connectivity index (χ3n) is 5.82. The molecule has 0 aliphatic heterocycles. The number of aryl methyl sites for hydroxylation is 1. The van der Waals surface area contributed by atoms with E-state index in [0.29, 0.717) is 0 Å². The monoisotopic (exact) mass is 479 g/mol. The number of nitrogens with one attached hydrogen (secondary N) is 1. The van der Waals surface area contributed by atoms with Crippen molar-refractivity contribution in [3.8, 4) is 0 Å². The first-order chi connectivity index (χ1) is 15.8. The second-order valence-electron chi connectivity index (χ2n) is 9.05. The van der Waals surface area contributed by atoms with Crippen LogP contribution in [0.5, 0.6) is 0 Å². The van der Waals surface area contributed by atoms with Gasteiger partial charge in [-0.2, -0.15) is 0 Å². The molecule has 6 heteroatoms. The van der Waals surface area contributed by atoms with Crippen LogP contribution in [0.1, 0.15) is 109 Å². The van der Waals surface area contributed by atoms with Gasteiger partial charge in [-0.1, -0.05) is 101 Å². The van der Waals surface area contributed by atoms with E-state index in [1.54, 1.807) is 12.1 Å². The fourth-order valence-corrected chi connectivity index (χ4v) is 4.72. The molecule has 0 fully saturated rings. The number of aliphatic hydroxyl groups is 1. The number of carbonyl (C=O) groups excluding carboxylic acids is 1. The smallest absolute Gasteiger partial charge is 0.264 e. The standard InChI is InChI=1S/C27H45NO4S/c1-3-4-17-25(29)18-15-13-11-9-7-5-6-8-10-12-14-16-19-27(30)28-33(31,32)26-22-20-24(2)21-23-26/h15,18,20-23,25,29H,3-14,16-17,19H2,1-2H3,(H,28,30). The zero-order chi connectivity index (χ0) is 24.4. The summed E-state index contributed by atoms with van der Waals surface area (Å²) in [4.78, 5) is 12.1. The SMILES string of the molecule is CCCCC(O)C=CCCCCCCCCCCCCC(=O)NS(=O)(=O)c1ccc(C)cc1. The molecule has 0 aliphatic rings. The molecule has 0 aliphatic carbocycles. The highest BCUT2D eigenvalue weighted by atomic mass is 32.2. The van der Waals surface area contributed by atoms with E-state index in [4.69, 9.17) is 0 Å². The van der Waals surface area contributed by atoms with Gasteiger partial charge in [-0.3, -0.25) is 4.79 Å². The lowest BCUT2D eigenvalue weighted by atomic mass is 10.0. The van der Waals surface area contributed by atoms with Gasteiger partial charge in [-0.05, 0) is 44.7 Å². The number of benzene rings is 1. The van der Waals surface area contributed by atoms with Crippen LogP contribution in [0.4, 0.5) is 0 Å². The van der Waals surface area contributed by atoms with Gasteiger partial charge in [0, 0.05) is 6.42 Å². The Balaban J connectivity index is 1.95. The molecule has 1 amide bonds. The second-order valence-corrected chi connectivity index (χ2v) is 10.7. The van der Waals surface area contributed by atoms with Gasteiger partial charge in [-0.25, -0.2) is 13.1 Å². The maximum atomic E-state index is 12.2. The average molecular weight is 480 g/mol. The number of rotatable bonds is 19. The highest BCUT2D eigenvalue weighted by molar-refractivity contribution is 7.90. The summed E-state index contributed by atoms with van der Waals surface area (Å²) in [5.41, 5.74) is 0.975. The van der Waals surface area contributed by atoms with E-state index in [-0.39, 0.29) is 17.4 Å². The molecule has 0 spiro atoms. The number of allylic oxidation sites excluding steroid dienone is 1. The largest absolute Gasteiger partial charge is 0.389 e. The summed E-state index contributed by atoms with van der Waals surface area (Å²) in [6.07, 6.45) is 19.6. The summed E-state index contributed by atoms with van der Waals surface area (Å²) in [6.45, 7) is 4.03. The summed E-state index contributed by atoms with van der Waals surface area (Å²) >= 11 is 0. The maximum Gasteiger partial charge on any atom is 0.264 e. The molecule has 0 saturated heterocycles. The summed E-state index contributed by atoms with van der Waals surface area (Å²) in [7, 11) is -3.77. The Bertz CT molecular complexity index is 772. The predicted molar refractivity (Wildman–Crippen MR) is 137 cm³/mol. The fourth-order valence-electron chi connectivity index (χ4n) is 3.70. The van der Waals surface area contributed by atoms with E-state index >= 15 is 0 Å². The minimum Gasteiger partial charge on any atom is -0.389 e. The summed E-state index contributed by atoms with van der Waals surface area (Å²) in [6, 6.07) is 6.48. The lowest BCUT2D eigenvalue weighted by Gasteiger charge is -2.07. The molecule has 188 valence electrons. The van der Waals surface area contributed by atoms with Crippen molar-refractivity contribution in [1.82, 2.24) is 4.72 Å². The summed E-state index contributed by atoms with van der Waals surface area (Å²) < 4.78 is 26.6. The minimum absolute atomic E-state index is 0.124. The van der Waals surface area contributed by atoms with Gasteiger partial charge >= 0.3 is 0 Å². The van der Waals surface area contributed by atoms with Crippen LogP contribution in [0, 0.1) is 6.92 Å². The fraction of sp³-hybridized carbons (Fsp3) is 0.667. The molecular formula is C27H45NO4S. The predicted octanol–water partition coefficient (Wildman–Crippen LogP) is 6.59. The van der Waals surface area contributed by atoms with Crippen LogP contribution in [0.3, 0.4) is 0 Å². The maximum absolute atomic E-state index is 12.2. The average Bonchev–Trinajstić information content (AvgIpc) is 2.77. The molecule has 1 aromatic rings. The Kier molecular flexibility index (Phi) is 15.8. The number of aliphatic hydroxyl groups excluding tert-OH is 1. The first-order valence-electron chi connectivity index (χ1n) is 12.8. The van der Waals surface area contributed by atoms with Gasteiger partial charge in [-0.15, -0.1) is 0 Å². The molecule has 1 unspecified atom stereocenters. The van der Waals surface area contributed by atoms with E-state index in [0.717, 1.165) is 50.5 Å². The second kappa shape index (κ2) is 17.8. The number of unbranched alkanes of at least 4 members (excludes halogenated alkanes) is 11. The molecule has 0 aromatic heterocycles. The zero-order valence-electron chi connectivity index (χ0n) is 20.7. The number of sulfonamides is 1. The van der Waals surface area contributed by atoms with Gasteiger partial charge in [0.15, 0.2) is 0 Å². The van der Waals surface area contributed by atoms with Crippen LogP contribution in [-0.4, -0.2) is 25.5 Å². The summed E-state index contributed by atoms with van der Waals surface area (Å²) in [5.74, 6) is -0.430. The molecule has 1 rings (SSSR count). The van der Waals surface area contributed by atoms with Gasteiger partial charge in [0.1, 0.15) is 0 Å². The molecule has 0 bridgehead atoms. The Morgan fingerprint density at radius 3 is 2.03 bits per heavy atom. The van der Waals surface area contributed by atoms with Gasteiger partial charge < -0.3 is 5.11 Å². The molecule has 1 atom stereocenters. The van der Waals surface area contributed by atoms with Crippen molar-refractivity contribution < 1.29 is 18.3 Å². The van der Waals surface area contributed by atoms with Crippen molar-refractivity contribution in [3.63, 3.8) is 0 Å². The highest BCUT2D eigenvalue weighted by Gasteiger charge is 2.16. The lowest BCUT2D eigenvalue weighted by Crippen LogP contribution is -2.30. The molecule has 1 aromatic carbocycles. The van der Waals surface area contributed by atoms with Crippen LogP contribution >= 0.6 is 0 Å². The Morgan fingerprint density at radius 1 is 0.909 bits per heavy atom. The van der Waals surface area contributed by atoms with Gasteiger partial charge in [0.05, 0.1) is 11.0 Å². The Labute approximate surface area is 202 Å². The van der Waals surface area contributed by atoms with E-state index in [9.17, 15) is 18.3 Å². The van der Waals surface area contributed by atoms with Crippen molar-refractivity contribution in [3.05, 3.63) is 42.0 Å². The third kappa shape index (κ3) is 15.0. The van der Waals surface area contributed by atoms with Crippen LogP contribution in [0.25, 0.3) is 0 Å². The molecular weight excluding hydrogens is 434 g/mol. The molecule has 0 saturated carbocycles. The van der Waals surface area contributed by atoms with Crippen LogP contribution in [0.2, 0.25) is 0 Å². The van der Waals surface area contributed by atoms with Crippen molar-refractivity contribution in [2.45, 2.75) is 121 Å². The van der Waals surface area contributed by atoms with E-state index < -0.39 is 15.9 Å². The molecule has 0 heterocycles. The van der Waals surface area contributed by atoms with Crippen LogP contribution in [-0.2, 0) is 14.8 Å². The number of hydrogen-bond acceptors (Lipinski definition) is 4. The minimum atomic E-state index is -3.77. The van der Waals surface area contributed by atoms with Crippen LogP contribution < -0.4 is 4.72 Å². The first kappa shape index (κ1) is 29.4. The molecule has 33 heavy (non-hydrogen) atoms. The Morgan fingerprint density at radius 2 is 1.45 bits per heavy atom. The normalized spacial score (nSPS) is 12.8. The Hall–Kier alpha value is -1.66. The van der Waals surface area contributed by atoms with Gasteiger partial charge in [0.2, 0.25) is 5.91 Å².